The average molecular weight is 966 g/mol. The SMILES string of the molecule is CC/C=C/C=C/C=C/C=C\CCCCCCCC(=O)OC1C(OCC(NC(=O)C(O)CCCCCC\C=C/C=C/C=C/C=C/CC)C(O)/C=C/CCCCCCCCCCC)OC(CO)C(O)C1O. The molecule has 1 fully saturated rings. The molecule has 1 aliphatic rings. The van der Waals surface area contributed by atoms with E-state index < -0.39 is 67.4 Å². The van der Waals surface area contributed by atoms with Gasteiger partial charge < -0.3 is 45.1 Å². The minimum Gasteiger partial charge on any atom is -0.454 e. The highest BCUT2D eigenvalue weighted by Crippen LogP contribution is 2.26. The summed E-state index contributed by atoms with van der Waals surface area (Å²) < 4.78 is 17.5. The molecule has 1 saturated heterocycles. The van der Waals surface area contributed by atoms with Gasteiger partial charge in [0.2, 0.25) is 5.91 Å². The molecule has 0 bridgehead atoms. The number of rotatable bonds is 42. The van der Waals surface area contributed by atoms with Crippen molar-refractivity contribution in [1.82, 2.24) is 5.32 Å². The number of hydrogen-bond acceptors (Lipinski definition) is 10. The number of allylic oxidation sites excluding steroid dienone is 17. The Hall–Kier alpha value is -3.68. The van der Waals surface area contributed by atoms with Crippen LogP contribution in [0.3, 0.4) is 0 Å². The first-order valence-electron chi connectivity index (χ1n) is 26.8. The van der Waals surface area contributed by atoms with Crippen LogP contribution < -0.4 is 5.32 Å². The molecular formula is C58H95NO10. The third-order valence-corrected chi connectivity index (χ3v) is 11.9. The van der Waals surface area contributed by atoms with Gasteiger partial charge >= 0.3 is 5.97 Å². The monoisotopic (exact) mass is 966 g/mol. The molecule has 0 radical (unpaired) electrons. The van der Waals surface area contributed by atoms with E-state index in [-0.39, 0.29) is 19.4 Å². The summed E-state index contributed by atoms with van der Waals surface area (Å²) in [4.78, 5) is 26.4. The van der Waals surface area contributed by atoms with Gasteiger partial charge in [-0.3, -0.25) is 9.59 Å². The molecule has 8 atom stereocenters. The Balaban J connectivity index is 2.80. The van der Waals surface area contributed by atoms with Gasteiger partial charge in [0, 0.05) is 6.42 Å². The number of aliphatic hydroxyl groups excluding tert-OH is 5. The van der Waals surface area contributed by atoms with Crippen LogP contribution in [0.2, 0.25) is 0 Å². The number of hydrogen-bond donors (Lipinski definition) is 6. The number of nitrogens with one attached hydrogen (secondary N) is 1. The van der Waals surface area contributed by atoms with Crippen molar-refractivity contribution in [1.29, 1.82) is 0 Å². The molecule has 6 N–H and O–H groups in total. The van der Waals surface area contributed by atoms with Crippen molar-refractivity contribution in [3.8, 4) is 0 Å². The van der Waals surface area contributed by atoms with Crippen LogP contribution >= 0.6 is 0 Å². The zero-order chi connectivity index (χ0) is 50.4. The third-order valence-electron chi connectivity index (χ3n) is 11.9. The summed E-state index contributed by atoms with van der Waals surface area (Å²) in [6.07, 6.45) is 49.9. The van der Waals surface area contributed by atoms with Crippen LogP contribution in [-0.2, 0) is 23.8 Å². The van der Waals surface area contributed by atoms with Gasteiger partial charge in [0.05, 0.1) is 25.4 Å². The van der Waals surface area contributed by atoms with Gasteiger partial charge in [-0.05, 0) is 64.2 Å². The molecule has 1 aliphatic heterocycles. The molecule has 1 amide bonds. The lowest BCUT2D eigenvalue weighted by Gasteiger charge is -2.41. The van der Waals surface area contributed by atoms with Crippen molar-refractivity contribution < 1.29 is 49.3 Å². The number of esters is 1. The van der Waals surface area contributed by atoms with Crippen LogP contribution in [-0.4, -0.2) is 99.6 Å². The summed E-state index contributed by atoms with van der Waals surface area (Å²) in [5, 5.41) is 56.6. The third kappa shape index (κ3) is 34.3. The smallest absolute Gasteiger partial charge is 0.306 e. The van der Waals surface area contributed by atoms with Crippen molar-refractivity contribution in [3.63, 3.8) is 0 Å². The molecule has 1 heterocycles. The second kappa shape index (κ2) is 45.5. The largest absolute Gasteiger partial charge is 0.454 e. The fraction of sp³-hybridized carbons (Fsp3) is 0.655. The minimum absolute atomic E-state index is 0.0877. The number of aliphatic hydroxyl groups is 5. The van der Waals surface area contributed by atoms with Crippen molar-refractivity contribution in [3.05, 3.63) is 109 Å². The van der Waals surface area contributed by atoms with Crippen molar-refractivity contribution in [2.75, 3.05) is 13.2 Å². The summed E-state index contributed by atoms with van der Waals surface area (Å²) in [5.41, 5.74) is 0. The highest BCUT2D eigenvalue weighted by atomic mass is 16.7. The van der Waals surface area contributed by atoms with Crippen LogP contribution in [0, 0.1) is 0 Å². The second-order valence-electron chi connectivity index (χ2n) is 18.0. The summed E-state index contributed by atoms with van der Waals surface area (Å²) in [5.74, 6) is -1.26. The molecule has 11 heteroatoms. The van der Waals surface area contributed by atoms with Crippen LogP contribution in [0.25, 0.3) is 0 Å². The quantitative estimate of drug-likeness (QED) is 0.0149. The Kier molecular flexibility index (Phi) is 41.7. The van der Waals surface area contributed by atoms with Gasteiger partial charge in [0.15, 0.2) is 12.4 Å². The molecule has 0 aromatic heterocycles. The van der Waals surface area contributed by atoms with Gasteiger partial charge in [0.25, 0.3) is 0 Å². The fourth-order valence-corrected chi connectivity index (χ4v) is 7.61. The van der Waals surface area contributed by atoms with E-state index in [1.165, 1.54) is 38.5 Å². The van der Waals surface area contributed by atoms with Gasteiger partial charge in [-0.2, -0.15) is 0 Å². The molecular weight excluding hydrogens is 871 g/mol. The molecule has 11 nitrogen and oxygen atoms in total. The lowest BCUT2D eigenvalue weighted by Crippen LogP contribution is -2.61. The molecule has 392 valence electrons. The molecule has 1 rings (SSSR count). The maximum atomic E-state index is 13.3. The van der Waals surface area contributed by atoms with Crippen LogP contribution in [0.4, 0.5) is 0 Å². The number of carbonyl (C=O) groups excluding carboxylic acids is 2. The molecule has 69 heavy (non-hydrogen) atoms. The minimum atomic E-state index is -1.63. The Labute approximate surface area is 418 Å². The van der Waals surface area contributed by atoms with E-state index in [2.05, 4.69) is 50.4 Å². The van der Waals surface area contributed by atoms with E-state index in [4.69, 9.17) is 14.2 Å². The normalized spacial score (nSPS) is 20.7. The topological polar surface area (TPSA) is 175 Å². The Morgan fingerprint density at radius 2 is 1.04 bits per heavy atom. The van der Waals surface area contributed by atoms with Gasteiger partial charge in [0.1, 0.15) is 24.4 Å². The maximum absolute atomic E-state index is 13.3. The molecule has 8 unspecified atom stereocenters. The average Bonchev–Trinajstić information content (AvgIpc) is 3.34. The van der Waals surface area contributed by atoms with E-state index in [0.29, 0.717) is 12.8 Å². The van der Waals surface area contributed by atoms with Crippen LogP contribution in [0.5, 0.6) is 0 Å². The summed E-state index contributed by atoms with van der Waals surface area (Å²) >= 11 is 0. The first kappa shape index (κ1) is 63.3. The number of amides is 1. The molecule has 0 saturated carbocycles. The molecule has 0 aliphatic carbocycles. The van der Waals surface area contributed by atoms with E-state index in [9.17, 15) is 35.1 Å². The predicted octanol–water partition coefficient (Wildman–Crippen LogP) is 11.4. The zero-order valence-electron chi connectivity index (χ0n) is 42.9. The van der Waals surface area contributed by atoms with Gasteiger partial charge in [-0.25, -0.2) is 0 Å². The summed E-state index contributed by atoms with van der Waals surface area (Å²) in [6, 6.07) is -1.05. The van der Waals surface area contributed by atoms with Gasteiger partial charge in [-0.15, -0.1) is 0 Å². The van der Waals surface area contributed by atoms with E-state index in [1.807, 2.05) is 79.0 Å². The lowest BCUT2D eigenvalue weighted by atomic mass is 9.99. The van der Waals surface area contributed by atoms with Crippen LogP contribution in [0.1, 0.15) is 181 Å². The fourth-order valence-electron chi connectivity index (χ4n) is 7.61. The van der Waals surface area contributed by atoms with Crippen molar-refractivity contribution >= 4 is 11.9 Å². The van der Waals surface area contributed by atoms with Gasteiger partial charge in [-0.1, -0.05) is 220 Å². The first-order valence-corrected chi connectivity index (χ1v) is 26.8. The molecule has 0 aromatic carbocycles. The molecule has 0 aromatic rings. The Morgan fingerprint density at radius 3 is 1.57 bits per heavy atom. The Bertz CT molecular complexity index is 1530. The van der Waals surface area contributed by atoms with E-state index in [1.54, 1.807) is 6.08 Å². The Morgan fingerprint density at radius 1 is 0.580 bits per heavy atom. The number of carbonyl (C=O) groups is 2. The summed E-state index contributed by atoms with van der Waals surface area (Å²) in [6.45, 7) is 5.43. The van der Waals surface area contributed by atoms with Crippen molar-refractivity contribution in [2.24, 2.45) is 0 Å². The number of ether oxygens (including phenoxy) is 3. The standard InChI is InChI=1S/C58H95NO10/c1-4-7-10-13-16-19-22-24-26-28-31-34-37-40-43-46-53(63)69-56-55(65)54(64)52(47-60)68-58(56)67-48-49(50(61)44-41-38-35-32-29-21-18-15-12-9-6-3)59-57(66)51(62)45-42-39-36-33-30-27-25-23-20-17-14-11-8-5-2/h7-8,10-11,13-14,16-17,19-20,22-27,41,44,49-52,54-56,58,60-62,64-65H,4-6,9,12,15,18,21,28-40,42-43,45-48H2,1-3H3,(H,59,66)/b10-7+,11-8+,16-13+,17-14+,22-19+,23-20+,26-24-,27-25-,44-41+. The van der Waals surface area contributed by atoms with E-state index in [0.717, 1.165) is 96.3 Å². The highest BCUT2D eigenvalue weighted by Gasteiger charge is 2.47. The molecule has 0 spiro atoms. The number of unbranched alkanes of at least 4 members (excludes halogenated alkanes) is 18. The first-order chi connectivity index (χ1) is 33.7. The summed E-state index contributed by atoms with van der Waals surface area (Å²) in [7, 11) is 0. The zero-order valence-corrected chi connectivity index (χ0v) is 42.9. The predicted molar refractivity (Wildman–Crippen MR) is 282 cm³/mol. The maximum Gasteiger partial charge on any atom is 0.306 e. The van der Waals surface area contributed by atoms with Crippen LogP contribution in [0.15, 0.2) is 109 Å². The highest BCUT2D eigenvalue weighted by molar-refractivity contribution is 5.80. The second-order valence-corrected chi connectivity index (χ2v) is 18.0. The van der Waals surface area contributed by atoms with E-state index >= 15 is 0 Å². The lowest BCUT2D eigenvalue weighted by molar-refractivity contribution is -0.305. The van der Waals surface area contributed by atoms with Crippen molar-refractivity contribution in [2.45, 2.75) is 230 Å².